The molecule has 0 amide bonds. The van der Waals surface area contributed by atoms with E-state index in [9.17, 15) is 8.78 Å². The van der Waals surface area contributed by atoms with Gasteiger partial charge in [0.05, 0.1) is 7.11 Å². The van der Waals surface area contributed by atoms with Crippen LogP contribution in [0, 0.1) is 11.6 Å². The van der Waals surface area contributed by atoms with Crippen molar-refractivity contribution >= 4 is 12.4 Å². The number of ether oxygens (including phenoxy) is 1. The summed E-state index contributed by atoms with van der Waals surface area (Å²) in [6, 6.07) is 9.64. The molecule has 0 fully saturated rings. The highest BCUT2D eigenvalue weighted by atomic mass is 35.5. The molecule has 0 saturated carbocycles. The van der Waals surface area contributed by atoms with Crippen LogP contribution >= 0.6 is 12.4 Å². The first-order chi connectivity index (χ1) is 12.1. The molecule has 26 heavy (non-hydrogen) atoms. The lowest BCUT2D eigenvalue weighted by atomic mass is 10.1. The van der Waals surface area contributed by atoms with Gasteiger partial charge in [-0.15, -0.1) is 12.4 Å². The number of rotatable bonds is 6. The summed E-state index contributed by atoms with van der Waals surface area (Å²) in [6.45, 7) is 2.37. The van der Waals surface area contributed by atoms with Gasteiger partial charge in [-0.05, 0) is 42.3 Å². The van der Waals surface area contributed by atoms with Crippen LogP contribution in [0.4, 0.5) is 8.78 Å². The van der Waals surface area contributed by atoms with Crippen LogP contribution in [0.1, 0.15) is 24.1 Å². The van der Waals surface area contributed by atoms with Crippen LogP contribution < -0.4 is 10.1 Å². The Hall–Kier alpha value is -2.51. The van der Waals surface area contributed by atoms with Gasteiger partial charge in [-0.3, -0.25) is 0 Å². The van der Waals surface area contributed by atoms with Gasteiger partial charge in [-0.1, -0.05) is 12.1 Å². The van der Waals surface area contributed by atoms with E-state index >= 15 is 0 Å². The molecule has 3 rings (SSSR count). The molecule has 0 aliphatic heterocycles. The van der Waals surface area contributed by atoms with E-state index in [4.69, 9.17) is 4.74 Å². The average Bonchev–Trinajstić information content (AvgIpc) is 3.14. The van der Waals surface area contributed by atoms with E-state index in [0.29, 0.717) is 12.2 Å². The molecule has 0 bridgehead atoms. The first-order valence-electron chi connectivity index (χ1n) is 7.78. The molecule has 3 aromatic rings. The third-order valence-electron chi connectivity index (χ3n) is 3.97. The highest BCUT2D eigenvalue weighted by Gasteiger charge is 2.11. The van der Waals surface area contributed by atoms with E-state index < -0.39 is 5.82 Å². The van der Waals surface area contributed by atoms with E-state index in [1.165, 1.54) is 36.6 Å². The van der Waals surface area contributed by atoms with Crippen molar-refractivity contribution in [1.29, 1.82) is 0 Å². The van der Waals surface area contributed by atoms with E-state index in [2.05, 4.69) is 15.4 Å². The van der Waals surface area contributed by atoms with Crippen molar-refractivity contribution in [1.82, 2.24) is 20.1 Å². The lowest BCUT2D eigenvalue weighted by Gasteiger charge is -2.15. The molecular formula is C18H19ClF2N4O. The Balaban J connectivity index is 0.00000243. The van der Waals surface area contributed by atoms with Crippen molar-refractivity contribution < 1.29 is 13.5 Å². The zero-order valence-corrected chi connectivity index (χ0v) is 15.1. The zero-order chi connectivity index (χ0) is 17.8. The fraction of sp³-hybridized carbons (Fsp3) is 0.222. The fourth-order valence-electron chi connectivity index (χ4n) is 2.52. The standard InChI is InChI=1S/C18H18F2N4O.ClH/c1-12(14-4-6-18(25-2)16(20)8-14)22-9-13-3-5-17(15(19)7-13)24-11-21-10-23-24;/h3-8,10-12,22H,9H2,1-2H3;1H. The van der Waals surface area contributed by atoms with Gasteiger partial charge >= 0.3 is 0 Å². The van der Waals surface area contributed by atoms with Crippen molar-refractivity contribution in [2.75, 3.05) is 7.11 Å². The van der Waals surface area contributed by atoms with Gasteiger partial charge in [0.15, 0.2) is 11.6 Å². The van der Waals surface area contributed by atoms with Crippen LogP contribution in [-0.2, 0) is 6.54 Å². The van der Waals surface area contributed by atoms with E-state index in [1.54, 1.807) is 18.2 Å². The third-order valence-corrected chi connectivity index (χ3v) is 3.97. The predicted molar refractivity (Wildman–Crippen MR) is 96.8 cm³/mol. The van der Waals surface area contributed by atoms with Crippen LogP contribution in [0.25, 0.3) is 5.69 Å². The molecule has 1 aromatic heterocycles. The first-order valence-corrected chi connectivity index (χ1v) is 7.78. The molecule has 1 unspecified atom stereocenters. The van der Waals surface area contributed by atoms with Crippen molar-refractivity contribution in [2.24, 2.45) is 0 Å². The Labute approximate surface area is 156 Å². The van der Waals surface area contributed by atoms with Gasteiger partial charge in [-0.25, -0.2) is 18.4 Å². The minimum absolute atomic E-state index is 0. The third kappa shape index (κ3) is 4.36. The van der Waals surface area contributed by atoms with Crippen LogP contribution in [-0.4, -0.2) is 21.9 Å². The van der Waals surface area contributed by atoms with E-state index in [-0.39, 0.29) is 30.0 Å². The lowest BCUT2D eigenvalue weighted by molar-refractivity contribution is 0.385. The molecule has 0 spiro atoms. The Morgan fingerprint density at radius 3 is 2.58 bits per heavy atom. The number of methoxy groups -OCH3 is 1. The fourth-order valence-corrected chi connectivity index (χ4v) is 2.52. The van der Waals surface area contributed by atoms with Gasteiger partial charge < -0.3 is 10.1 Å². The zero-order valence-electron chi connectivity index (χ0n) is 14.3. The minimum atomic E-state index is -0.406. The van der Waals surface area contributed by atoms with E-state index in [1.807, 2.05) is 13.0 Å². The number of hydrogen-bond acceptors (Lipinski definition) is 4. The van der Waals surface area contributed by atoms with Gasteiger partial charge in [0.25, 0.3) is 0 Å². The maximum Gasteiger partial charge on any atom is 0.165 e. The molecule has 2 aromatic carbocycles. The van der Waals surface area contributed by atoms with Crippen molar-refractivity contribution in [3.05, 3.63) is 71.8 Å². The summed E-state index contributed by atoms with van der Waals surface area (Å²) in [5.74, 6) is -0.577. The van der Waals surface area contributed by atoms with Gasteiger partial charge in [-0.2, -0.15) is 5.10 Å². The monoisotopic (exact) mass is 380 g/mol. The second-order valence-electron chi connectivity index (χ2n) is 5.62. The second kappa shape index (κ2) is 8.73. The number of nitrogens with one attached hydrogen (secondary N) is 1. The number of hydrogen-bond donors (Lipinski definition) is 1. The summed E-state index contributed by atoms with van der Waals surface area (Å²) >= 11 is 0. The maximum absolute atomic E-state index is 14.2. The molecule has 5 nitrogen and oxygen atoms in total. The molecule has 8 heteroatoms. The minimum Gasteiger partial charge on any atom is -0.494 e. The number of benzene rings is 2. The molecule has 138 valence electrons. The first kappa shape index (κ1) is 19.8. The van der Waals surface area contributed by atoms with Crippen molar-refractivity contribution in [2.45, 2.75) is 19.5 Å². The summed E-state index contributed by atoms with van der Waals surface area (Å²) in [7, 11) is 1.43. The van der Waals surface area contributed by atoms with Gasteiger partial charge in [0.1, 0.15) is 24.2 Å². The quantitative estimate of drug-likeness (QED) is 0.706. The summed E-state index contributed by atoms with van der Waals surface area (Å²) in [6.07, 6.45) is 2.79. The van der Waals surface area contributed by atoms with Gasteiger partial charge in [0, 0.05) is 12.6 Å². The smallest absolute Gasteiger partial charge is 0.165 e. The SMILES string of the molecule is COc1ccc(C(C)NCc2ccc(-n3cncn3)c(F)c2)cc1F.Cl. The van der Waals surface area contributed by atoms with E-state index in [0.717, 1.165) is 11.1 Å². The Kier molecular flexibility index (Phi) is 6.65. The molecule has 1 atom stereocenters. The van der Waals surface area contributed by atoms with Crippen LogP contribution in [0.15, 0.2) is 49.1 Å². The Bertz CT molecular complexity index is 858. The molecule has 0 aliphatic rings. The highest BCUT2D eigenvalue weighted by Crippen LogP contribution is 2.22. The largest absolute Gasteiger partial charge is 0.494 e. The molecule has 0 radical (unpaired) electrons. The normalized spacial score (nSPS) is 11.7. The topological polar surface area (TPSA) is 52.0 Å². The van der Waals surface area contributed by atoms with Crippen molar-refractivity contribution in [3.8, 4) is 11.4 Å². The predicted octanol–water partition coefficient (Wildman–Crippen LogP) is 3.83. The summed E-state index contributed by atoms with van der Waals surface area (Å²) in [4.78, 5) is 3.81. The summed E-state index contributed by atoms with van der Waals surface area (Å²) < 4.78 is 34.3. The maximum atomic E-state index is 14.2. The number of nitrogens with zero attached hydrogens (tertiary/aromatic N) is 3. The summed E-state index contributed by atoms with van der Waals surface area (Å²) in [5, 5.41) is 7.17. The van der Waals surface area contributed by atoms with Crippen LogP contribution in [0.2, 0.25) is 0 Å². The molecule has 0 aliphatic carbocycles. The second-order valence-corrected chi connectivity index (χ2v) is 5.62. The molecule has 1 N–H and O–H groups in total. The molecular weight excluding hydrogens is 362 g/mol. The lowest BCUT2D eigenvalue weighted by Crippen LogP contribution is -2.18. The van der Waals surface area contributed by atoms with Crippen LogP contribution in [0.5, 0.6) is 5.75 Å². The molecule has 1 heterocycles. The number of halogens is 3. The Morgan fingerprint density at radius 1 is 1.15 bits per heavy atom. The average molecular weight is 381 g/mol. The number of aromatic nitrogens is 3. The molecule has 0 saturated heterocycles. The Morgan fingerprint density at radius 2 is 1.96 bits per heavy atom. The summed E-state index contributed by atoms with van der Waals surface area (Å²) in [5.41, 5.74) is 1.91. The van der Waals surface area contributed by atoms with Crippen molar-refractivity contribution in [3.63, 3.8) is 0 Å². The van der Waals surface area contributed by atoms with Gasteiger partial charge in [0.2, 0.25) is 0 Å². The highest BCUT2D eigenvalue weighted by molar-refractivity contribution is 5.85. The van der Waals surface area contributed by atoms with Crippen LogP contribution in [0.3, 0.4) is 0 Å².